The summed E-state index contributed by atoms with van der Waals surface area (Å²) >= 11 is 10.3. The Labute approximate surface area is 119 Å². The number of aromatic nitrogens is 1. The van der Waals surface area contributed by atoms with E-state index in [1.165, 1.54) is 24.5 Å². The van der Waals surface area contributed by atoms with Crippen molar-refractivity contribution in [2.45, 2.75) is 0 Å². The molecular weight excluding hydrogens is 349 g/mol. The minimum atomic E-state index is -0.745. The van der Waals surface area contributed by atoms with Crippen LogP contribution in [0.15, 0.2) is 9.98 Å². The van der Waals surface area contributed by atoms with Gasteiger partial charge in [0.1, 0.15) is 10.5 Å². The van der Waals surface area contributed by atoms with E-state index in [0.29, 0.717) is 14.1 Å². The highest BCUT2D eigenvalue weighted by Gasteiger charge is 2.17. The van der Waals surface area contributed by atoms with Crippen LogP contribution in [0.3, 0.4) is 0 Å². The number of hydrogen-bond donors (Lipinski definition) is 0. The third-order valence-corrected chi connectivity index (χ3v) is 3.88. The predicted octanol–water partition coefficient (Wildman–Crippen LogP) is 3.40. The van der Waals surface area contributed by atoms with Gasteiger partial charge in [0.15, 0.2) is 22.1 Å². The third kappa shape index (κ3) is 2.57. The monoisotopic (exact) mass is 353 g/mol. The van der Waals surface area contributed by atoms with Crippen molar-refractivity contribution in [2.75, 3.05) is 13.7 Å². The van der Waals surface area contributed by atoms with Crippen LogP contribution < -0.4 is 4.74 Å². The van der Waals surface area contributed by atoms with E-state index in [4.69, 9.17) is 16.3 Å². The molecule has 0 fully saturated rings. The van der Waals surface area contributed by atoms with E-state index in [1.54, 1.807) is 0 Å². The molecule has 0 bridgehead atoms. The maximum atomic E-state index is 13.8. The summed E-state index contributed by atoms with van der Waals surface area (Å²) in [4.78, 5) is 15.0. The molecule has 0 spiro atoms. The first-order valence-electron chi connectivity index (χ1n) is 4.66. The van der Waals surface area contributed by atoms with Gasteiger partial charge in [-0.1, -0.05) is 11.6 Å². The van der Waals surface area contributed by atoms with Crippen molar-refractivity contribution in [2.24, 2.45) is 0 Å². The van der Waals surface area contributed by atoms with E-state index in [0.717, 1.165) is 0 Å². The second kappa shape index (κ2) is 5.38. The summed E-state index contributed by atoms with van der Waals surface area (Å²) < 4.78 is 24.5. The summed E-state index contributed by atoms with van der Waals surface area (Å²) in [5, 5.41) is -0.130. The topological polar surface area (TPSA) is 48.4 Å². The SMILES string of the molecule is COC(=O)COc1cc2sc(Br)nc2c(Cl)c1F. The average Bonchev–Trinajstić information content (AvgIpc) is 2.72. The summed E-state index contributed by atoms with van der Waals surface area (Å²) in [5.41, 5.74) is 0.358. The normalized spacial score (nSPS) is 10.7. The Bertz CT molecular complexity index is 619. The molecule has 1 heterocycles. The Morgan fingerprint density at radius 2 is 2.39 bits per heavy atom. The Balaban J connectivity index is 2.38. The zero-order valence-corrected chi connectivity index (χ0v) is 12.2. The third-order valence-electron chi connectivity index (χ3n) is 2.08. The molecule has 0 amide bonds. The predicted molar refractivity (Wildman–Crippen MR) is 69.8 cm³/mol. The molecule has 96 valence electrons. The molecule has 4 nitrogen and oxygen atoms in total. The van der Waals surface area contributed by atoms with Crippen LogP contribution in [0, 0.1) is 5.82 Å². The molecule has 0 aliphatic carbocycles. The smallest absolute Gasteiger partial charge is 0.343 e. The van der Waals surface area contributed by atoms with Gasteiger partial charge in [0, 0.05) is 6.07 Å². The van der Waals surface area contributed by atoms with Crippen LogP contribution >= 0.6 is 38.9 Å². The van der Waals surface area contributed by atoms with Crippen LogP contribution in [0.5, 0.6) is 5.75 Å². The van der Waals surface area contributed by atoms with Gasteiger partial charge in [0.25, 0.3) is 0 Å². The number of benzene rings is 1. The molecule has 0 N–H and O–H groups in total. The maximum absolute atomic E-state index is 13.8. The number of nitrogens with zero attached hydrogens (tertiary/aromatic N) is 1. The van der Waals surface area contributed by atoms with Gasteiger partial charge >= 0.3 is 5.97 Å². The Morgan fingerprint density at radius 3 is 3.06 bits per heavy atom. The number of thiazole rings is 1. The van der Waals surface area contributed by atoms with E-state index in [2.05, 4.69) is 25.7 Å². The van der Waals surface area contributed by atoms with Crippen LogP contribution in [0.2, 0.25) is 5.02 Å². The molecule has 0 aliphatic heterocycles. The van der Waals surface area contributed by atoms with Gasteiger partial charge in [0.2, 0.25) is 0 Å². The fraction of sp³-hybridized carbons (Fsp3) is 0.200. The second-order valence-corrected chi connectivity index (χ2v) is 5.87. The number of hydrogen-bond acceptors (Lipinski definition) is 5. The van der Waals surface area contributed by atoms with Crippen molar-refractivity contribution < 1.29 is 18.7 Å². The molecule has 0 radical (unpaired) electrons. The summed E-state index contributed by atoms with van der Waals surface area (Å²) in [6.45, 7) is -0.380. The van der Waals surface area contributed by atoms with Gasteiger partial charge in [0.05, 0.1) is 11.8 Å². The molecule has 0 saturated heterocycles. The first-order chi connectivity index (χ1) is 8.52. The van der Waals surface area contributed by atoms with Gasteiger partial charge in [-0.05, 0) is 15.9 Å². The van der Waals surface area contributed by atoms with Gasteiger partial charge < -0.3 is 9.47 Å². The molecule has 1 aromatic heterocycles. The van der Waals surface area contributed by atoms with Crippen molar-refractivity contribution >= 4 is 55.1 Å². The lowest BCUT2D eigenvalue weighted by Crippen LogP contribution is -2.13. The van der Waals surface area contributed by atoms with Crippen molar-refractivity contribution in [3.63, 3.8) is 0 Å². The lowest BCUT2D eigenvalue weighted by Gasteiger charge is -2.07. The lowest BCUT2D eigenvalue weighted by atomic mass is 10.3. The van der Waals surface area contributed by atoms with Crippen molar-refractivity contribution in [3.8, 4) is 5.75 Å². The molecular formula is C10H6BrClFNO3S. The Morgan fingerprint density at radius 1 is 1.67 bits per heavy atom. The lowest BCUT2D eigenvalue weighted by molar-refractivity contribution is -0.142. The minimum absolute atomic E-state index is 0.103. The van der Waals surface area contributed by atoms with Crippen LogP contribution in [-0.2, 0) is 9.53 Å². The second-order valence-electron chi connectivity index (χ2n) is 3.18. The molecule has 0 atom stereocenters. The zero-order chi connectivity index (χ0) is 13.3. The fourth-order valence-electron chi connectivity index (χ4n) is 1.26. The van der Waals surface area contributed by atoms with E-state index in [1.807, 2.05) is 0 Å². The summed E-state index contributed by atoms with van der Waals surface area (Å²) in [6, 6.07) is 1.45. The number of fused-ring (bicyclic) bond motifs is 1. The van der Waals surface area contributed by atoms with Crippen molar-refractivity contribution in [1.29, 1.82) is 0 Å². The first kappa shape index (κ1) is 13.5. The largest absolute Gasteiger partial charge is 0.479 e. The standard InChI is InChI=1S/C10H6BrClFNO3S/c1-16-6(15)3-17-4-2-5-9(7(12)8(4)13)14-10(11)18-5/h2H,3H2,1H3. The quantitative estimate of drug-likeness (QED) is 0.793. The summed E-state index contributed by atoms with van der Waals surface area (Å²) in [5.74, 6) is -1.45. The van der Waals surface area contributed by atoms with Crippen LogP contribution in [0.25, 0.3) is 10.2 Å². The fourth-order valence-corrected chi connectivity index (χ4v) is 2.98. The number of carbonyl (C=O) groups is 1. The first-order valence-corrected chi connectivity index (χ1v) is 6.65. The summed E-state index contributed by atoms with van der Waals surface area (Å²) in [7, 11) is 1.22. The van der Waals surface area contributed by atoms with E-state index in [9.17, 15) is 9.18 Å². The van der Waals surface area contributed by atoms with Crippen LogP contribution in [0.1, 0.15) is 0 Å². The molecule has 0 unspecified atom stereocenters. The molecule has 2 rings (SSSR count). The Kier molecular flexibility index (Phi) is 4.04. The van der Waals surface area contributed by atoms with Gasteiger partial charge in [-0.15, -0.1) is 11.3 Å². The number of halogens is 3. The average molecular weight is 355 g/mol. The van der Waals surface area contributed by atoms with Gasteiger partial charge in [-0.3, -0.25) is 0 Å². The van der Waals surface area contributed by atoms with E-state index in [-0.39, 0.29) is 17.4 Å². The van der Waals surface area contributed by atoms with Gasteiger partial charge in [-0.2, -0.15) is 0 Å². The van der Waals surface area contributed by atoms with Crippen molar-refractivity contribution in [3.05, 3.63) is 20.8 Å². The number of esters is 1. The van der Waals surface area contributed by atoms with Crippen molar-refractivity contribution in [1.82, 2.24) is 4.98 Å². The minimum Gasteiger partial charge on any atom is -0.479 e. The van der Waals surface area contributed by atoms with Crippen LogP contribution in [0.4, 0.5) is 4.39 Å². The highest BCUT2D eigenvalue weighted by Crippen LogP contribution is 2.37. The maximum Gasteiger partial charge on any atom is 0.343 e. The van der Waals surface area contributed by atoms with Gasteiger partial charge in [-0.25, -0.2) is 14.2 Å². The summed E-state index contributed by atoms with van der Waals surface area (Å²) in [6.07, 6.45) is 0. The number of ether oxygens (including phenoxy) is 2. The number of carbonyl (C=O) groups excluding carboxylic acids is 1. The highest BCUT2D eigenvalue weighted by atomic mass is 79.9. The molecule has 0 aliphatic rings. The van der Waals surface area contributed by atoms with E-state index < -0.39 is 11.8 Å². The number of rotatable bonds is 3. The molecule has 8 heteroatoms. The van der Waals surface area contributed by atoms with E-state index >= 15 is 0 Å². The Hall–Kier alpha value is -0.920. The molecule has 0 saturated carbocycles. The highest BCUT2D eigenvalue weighted by molar-refractivity contribution is 9.11. The molecule has 1 aromatic carbocycles. The van der Waals surface area contributed by atoms with Crippen LogP contribution in [-0.4, -0.2) is 24.7 Å². The molecule has 2 aromatic rings. The zero-order valence-electron chi connectivity index (χ0n) is 9.00. The number of methoxy groups -OCH3 is 1. The molecule has 18 heavy (non-hydrogen) atoms.